The minimum absolute atomic E-state index is 0.197. The third kappa shape index (κ3) is 5.88. The molecule has 0 bridgehead atoms. The molecule has 0 saturated heterocycles. The lowest BCUT2D eigenvalue weighted by atomic mass is 9.90. The molecule has 3 rings (SSSR count). The number of nitrogens with zero attached hydrogens (tertiary/aromatic N) is 1. The minimum atomic E-state index is -0.508. The van der Waals surface area contributed by atoms with Crippen LogP contribution in [-0.4, -0.2) is 24.6 Å². The van der Waals surface area contributed by atoms with E-state index in [4.69, 9.17) is 4.42 Å². The van der Waals surface area contributed by atoms with Crippen molar-refractivity contribution in [3.8, 4) is 0 Å². The van der Waals surface area contributed by atoms with Gasteiger partial charge in [-0.3, -0.25) is 9.59 Å². The van der Waals surface area contributed by atoms with E-state index in [0.29, 0.717) is 10.4 Å². The van der Waals surface area contributed by atoms with Crippen LogP contribution in [0.2, 0.25) is 0 Å². The monoisotopic (exact) mass is 517 g/mol. The molecule has 2 amide bonds. The molecule has 2 N–H and O–H groups in total. The first-order chi connectivity index (χ1) is 14.0. The van der Waals surface area contributed by atoms with Gasteiger partial charge in [-0.2, -0.15) is 5.10 Å². The number of halogens is 2. The summed E-state index contributed by atoms with van der Waals surface area (Å²) in [6.07, 6.45) is 1.37. The SMILES string of the molecule is O=C(CNC(=O)C(c1ccccc1)c1ccccc1)N/N=C/c1cc(Br)c(Br)o1. The van der Waals surface area contributed by atoms with Crippen LogP contribution in [0, 0.1) is 0 Å². The maximum atomic E-state index is 12.8. The number of amides is 2. The van der Waals surface area contributed by atoms with E-state index in [9.17, 15) is 9.59 Å². The van der Waals surface area contributed by atoms with Gasteiger partial charge in [0, 0.05) is 6.07 Å². The Balaban J connectivity index is 1.60. The van der Waals surface area contributed by atoms with Crippen molar-refractivity contribution in [3.63, 3.8) is 0 Å². The first kappa shape index (κ1) is 21.0. The van der Waals surface area contributed by atoms with Crippen LogP contribution in [0.4, 0.5) is 0 Å². The van der Waals surface area contributed by atoms with Crippen LogP contribution in [0.3, 0.4) is 0 Å². The lowest BCUT2D eigenvalue weighted by Gasteiger charge is -2.17. The van der Waals surface area contributed by atoms with E-state index in [1.165, 1.54) is 6.21 Å². The summed E-state index contributed by atoms with van der Waals surface area (Å²) in [7, 11) is 0. The molecule has 0 atom stereocenters. The minimum Gasteiger partial charge on any atom is -0.447 e. The Labute approximate surface area is 184 Å². The molecular formula is C21H17Br2N3O3. The number of hydrogen-bond acceptors (Lipinski definition) is 4. The summed E-state index contributed by atoms with van der Waals surface area (Å²) in [5.74, 6) is -0.757. The van der Waals surface area contributed by atoms with Crippen molar-refractivity contribution in [2.45, 2.75) is 5.92 Å². The molecular weight excluding hydrogens is 502 g/mol. The maximum Gasteiger partial charge on any atom is 0.259 e. The van der Waals surface area contributed by atoms with Gasteiger partial charge in [0.05, 0.1) is 23.1 Å². The van der Waals surface area contributed by atoms with E-state index in [-0.39, 0.29) is 12.5 Å². The zero-order valence-electron chi connectivity index (χ0n) is 15.1. The molecule has 1 aromatic heterocycles. The number of rotatable bonds is 7. The van der Waals surface area contributed by atoms with Crippen molar-refractivity contribution in [1.82, 2.24) is 10.7 Å². The molecule has 29 heavy (non-hydrogen) atoms. The van der Waals surface area contributed by atoms with E-state index in [0.717, 1.165) is 15.6 Å². The van der Waals surface area contributed by atoms with Gasteiger partial charge < -0.3 is 9.73 Å². The molecule has 0 saturated carbocycles. The van der Waals surface area contributed by atoms with Gasteiger partial charge in [0.2, 0.25) is 5.91 Å². The highest BCUT2D eigenvalue weighted by molar-refractivity contribution is 9.13. The van der Waals surface area contributed by atoms with Crippen molar-refractivity contribution in [2.75, 3.05) is 6.54 Å². The second-order valence-electron chi connectivity index (χ2n) is 6.04. The van der Waals surface area contributed by atoms with Crippen molar-refractivity contribution in [2.24, 2.45) is 5.10 Å². The lowest BCUT2D eigenvalue weighted by Crippen LogP contribution is -2.37. The van der Waals surface area contributed by atoms with Crippen LogP contribution >= 0.6 is 31.9 Å². The molecule has 0 spiro atoms. The molecule has 148 valence electrons. The first-order valence-electron chi connectivity index (χ1n) is 8.69. The molecule has 0 unspecified atom stereocenters. The normalized spacial score (nSPS) is 11.0. The van der Waals surface area contributed by atoms with E-state index in [1.54, 1.807) is 6.07 Å². The van der Waals surface area contributed by atoms with Gasteiger partial charge in [0.1, 0.15) is 5.76 Å². The zero-order chi connectivity index (χ0) is 20.6. The Bertz CT molecular complexity index is 946. The molecule has 6 nitrogen and oxygen atoms in total. The molecule has 1 heterocycles. The van der Waals surface area contributed by atoms with Crippen LogP contribution < -0.4 is 10.7 Å². The average molecular weight is 519 g/mol. The fourth-order valence-electron chi connectivity index (χ4n) is 2.69. The van der Waals surface area contributed by atoms with E-state index in [2.05, 4.69) is 47.7 Å². The van der Waals surface area contributed by atoms with E-state index >= 15 is 0 Å². The fraction of sp³-hybridized carbons (Fsp3) is 0.0952. The number of benzene rings is 2. The zero-order valence-corrected chi connectivity index (χ0v) is 18.3. The van der Waals surface area contributed by atoms with Gasteiger partial charge in [-0.05, 0) is 43.0 Å². The van der Waals surface area contributed by atoms with Gasteiger partial charge in [0.25, 0.3) is 5.91 Å². The van der Waals surface area contributed by atoms with Gasteiger partial charge in [-0.1, -0.05) is 60.7 Å². The number of carbonyl (C=O) groups is 2. The van der Waals surface area contributed by atoms with Crippen molar-refractivity contribution < 1.29 is 14.0 Å². The Morgan fingerprint density at radius 1 is 1.00 bits per heavy atom. The quantitative estimate of drug-likeness (QED) is 0.363. The Morgan fingerprint density at radius 2 is 1.59 bits per heavy atom. The van der Waals surface area contributed by atoms with E-state index in [1.807, 2.05) is 60.7 Å². The lowest BCUT2D eigenvalue weighted by molar-refractivity contribution is -0.126. The van der Waals surface area contributed by atoms with Crippen LogP contribution in [0.1, 0.15) is 22.8 Å². The molecule has 0 fully saturated rings. The molecule has 0 aliphatic carbocycles. The smallest absolute Gasteiger partial charge is 0.259 e. The first-order valence-corrected chi connectivity index (χ1v) is 10.3. The predicted octanol–water partition coefficient (Wildman–Crippen LogP) is 4.20. The fourth-order valence-corrected chi connectivity index (χ4v) is 3.30. The van der Waals surface area contributed by atoms with Gasteiger partial charge in [-0.25, -0.2) is 5.43 Å². The summed E-state index contributed by atoms with van der Waals surface area (Å²) in [5, 5.41) is 6.50. The Kier molecular flexibility index (Phi) is 7.37. The van der Waals surface area contributed by atoms with Crippen molar-refractivity contribution in [1.29, 1.82) is 0 Å². The van der Waals surface area contributed by atoms with Gasteiger partial charge >= 0.3 is 0 Å². The van der Waals surface area contributed by atoms with Gasteiger partial charge in [-0.15, -0.1) is 0 Å². The maximum absolute atomic E-state index is 12.8. The number of hydrazone groups is 1. The highest BCUT2D eigenvalue weighted by Crippen LogP contribution is 2.26. The summed E-state index contributed by atoms with van der Waals surface area (Å²) in [4.78, 5) is 24.8. The Morgan fingerprint density at radius 3 is 2.10 bits per heavy atom. The van der Waals surface area contributed by atoms with Crippen LogP contribution in [0.5, 0.6) is 0 Å². The largest absolute Gasteiger partial charge is 0.447 e. The second kappa shape index (κ2) is 10.2. The summed E-state index contributed by atoms with van der Waals surface area (Å²) < 4.78 is 6.60. The van der Waals surface area contributed by atoms with Gasteiger partial charge in [0.15, 0.2) is 4.67 Å². The molecule has 0 radical (unpaired) electrons. The molecule has 0 aliphatic rings. The summed E-state index contributed by atoms with van der Waals surface area (Å²) in [6, 6.07) is 20.6. The molecule has 8 heteroatoms. The summed E-state index contributed by atoms with van der Waals surface area (Å²) in [5.41, 5.74) is 4.06. The standard InChI is InChI=1S/C21H17Br2N3O3/c22-17-11-16(29-20(17)23)12-25-26-18(27)13-24-21(28)19(14-7-3-1-4-8-14)15-9-5-2-6-10-15/h1-12,19H,13H2,(H,24,28)(H,26,27)/b25-12+. The number of hydrogen-bond donors (Lipinski definition) is 2. The third-order valence-corrected chi connectivity index (χ3v) is 5.71. The molecule has 0 aliphatic heterocycles. The Hall–Kier alpha value is -2.71. The highest BCUT2D eigenvalue weighted by atomic mass is 79.9. The summed E-state index contributed by atoms with van der Waals surface area (Å²) in [6.45, 7) is -0.197. The van der Waals surface area contributed by atoms with Crippen LogP contribution in [-0.2, 0) is 9.59 Å². The number of furan rings is 1. The highest BCUT2D eigenvalue weighted by Gasteiger charge is 2.22. The van der Waals surface area contributed by atoms with Crippen molar-refractivity contribution >= 4 is 49.9 Å². The molecule has 3 aromatic rings. The topological polar surface area (TPSA) is 83.7 Å². The number of carbonyl (C=O) groups excluding carboxylic acids is 2. The molecule has 2 aromatic carbocycles. The van der Waals surface area contributed by atoms with Crippen LogP contribution in [0.25, 0.3) is 0 Å². The second-order valence-corrected chi connectivity index (χ2v) is 7.61. The van der Waals surface area contributed by atoms with Crippen molar-refractivity contribution in [3.05, 3.63) is 92.8 Å². The van der Waals surface area contributed by atoms with Crippen LogP contribution in [0.15, 0.2) is 85.4 Å². The average Bonchev–Trinajstić information content (AvgIpc) is 3.05. The summed E-state index contributed by atoms with van der Waals surface area (Å²) >= 11 is 6.51. The third-order valence-electron chi connectivity index (χ3n) is 4.00. The van der Waals surface area contributed by atoms with E-state index < -0.39 is 11.8 Å². The number of nitrogens with one attached hydrogen (secondary N) is 2. The predicted molar refractivity (Wildman–Crippen MR) is 118 cm³/mol.